The van der Waals surface area contributed by atoms with E-state index in [2.05, 4.69) is 42.3 Å². The van der Waals surface area contributed by atoms with Crippen LogP contribution in [-0.2, 0) is 0 Å². The Morgan fingerprint density at radius 1 is 1.09 bits per heavy atom. The SMILES string of the molecule is CN1CCC(Nc2ccc(C(=O)Nc3cc(-c4ccc5c(c4)OC(F)(F)O5)[nH]n3)cc2)CC1. The summed E-state index contributed by atoms with van der Waals surface area (Å²) in [5.74, 6) is -0.0899. The maximum Gasteiger partial charge on any atom is 0.586 e. The molecule has 1 amide bonds. The zero-order valence-electron chi connectivity index (χ0n) is 17.9. The van der Waals surface area contributed by atoms with E-state index < -0.39 is 6.29 Å². The second kappa shape index (κ2) is 8.36. The van der Waals surface area contributed by atoms with Crippen LogP contribution in [0.25, 0.3) is 11.3 Å². The highest BCUT2D eigenvalue weighted by atomic mass is 19.3. The van der Waals surface area contributed by atoms with Crippen molar-refractivity contribution in [3.05, 3.63) is 54.1 Å². The van der Waals surface area contributed by atoms with Crippen LogP contribution in [0.4, 0.5) is 20.3 Å². The monoisotopic (exact) mass is 455 g/mol. The number of hydrogen-bond donors (Lipinski definition) is 3. The summed E-state index contributed by atoms with van der Waals surface area (Å²) in [7, 11) is 2.13. The van der Waals surface area contributed by atoms with Crippen LogP contribution in [0.2, 0.25) is 0 Å². The molecule has 3 heterocycles. The van der Waals surface area contributed by atoms with Crippen molar-refractivity contribution >= 4 is 17.4 Å². The highest BCUT2D eigenvalue weighted by Crippen LogP contribution is 2.42. The summed E-state index contributed by atoms with van der Waals surface area (Å²) in [5.41, 5.74) is 2.58. The number of piperidine rings is 1. The number of benzene rings is 2. The van der Waals surface area contributed by atoms with Gasteiger partial charge in [-0.25, -0.2) is 0 Å². The van der Waals surface area contributed by atoms with Gasteiger partial charge >= 0.3 is 6.29 Å². The number of rotatable bonds is 5. The summed E-state index contributed by atoms with van der Waals surface area (Å²) >= 11 is 0. The number of aromatic amines is 1. The van der Waals surface area contributed by atoms with Gasteiger partial charge in [-0.1, -0.05) is 0 Å². The van der Waals surface area contributed by atoms with E-state index in [4.69, 9.17) is 0 Å². The molecule has 10 heteroatoms. The number of fused-ring (bicyclic) bond motifs is 1. The standard InChI is InChI=1S/C23H23F2N5O3/c1-30-10-8-17(9-11-30)26-16-5-2-14(3-6-16)22(31)27-21-13-18(28-29-21)15-4-7-19-20(12-15)33-23(24,25)32-19/h2-7,12-13,17,26H,8-11H2,1H3,(H2,27,28,29,31). The number of carbonyl (C=O) groups is 1. The predicted molar refractivity (Wildman–Crippen MR) is 119 cm³/mol. The van der Waals surface area contributed by atoms with Crippen molar-refractivity contribution in [3.8, 4) is 22.8 Å². The molecule has 0 atom stereocenters. The molecule has 1 fully saturated rings. The normalized spacial score (nSPS) is 17.7. The van der Waals surface area contributed by atoms with Crippen molar-refractivity contribution < 1.29 is 23.0 Å². The number of aromatic nitrogens is 2. The summed E-state index contributed by atoms with van der Waals surface area (Å²) < 4.78 is 35.3. The van der Waals surface area contributed by atoms with Crippen LogP contribution in [-0.4, -0.2) is 53.5 Å². The lowest BCUT2D eigenvalue weighted by Gasteiger charge is -2.30. The fourth-order valence-electron chi connectivity index (χ4n) is 3.95. The largest absolute Gasteiger partial charge is 0.586 e. The first-order chi connectivity index (χ1) is 15.8. The van der Waals surface area contributed by atoms with Crippen LogP contribution in [0.3, 0.4) is 0 Å². The van der Waals surface area contributed by atoms with E-state index in [1.54, 1.807) is 24.3 Å². The van der Waals surface area contributed by atoms with Gasteiger partial charge in [-0.15, -0.1) is 8.78 Å². The maximum atomic E-state index is 13.2. The molecule has 5 rings (SSSR count). The first-order valence-electron chi connectivity index (χ1n) is 10.7. The molecule has 2 aliphatic rings. The molecule has 3 aromatic rings. The van der Waals surface area contributed by atoms with Gasteiger partial charge in [-0.2, -0.15) is 5.10 Å². The van der Waals surface area contributed by atoms with Crippen molar-refractivity contribution in [3.63, 3.8) is 0 Å². The smallest absolute Gasteiger partial charge is 0.395 e. The van der Waals surface area contributed by atoms with Crippen molar-refractivity contribution in [2.45, 2.75) is 25.2 Å². The molecule has 0 radical (unpaired) electrons. The first-order valence-corrected chi connectivity index (χ1v) is 10.7. The van der Waals surface area contributed by atoms with Crippen LogP contribution in [0.1, 0.15) is 23.2 Å². The van der Waals surface area contributed by atoms with Crippen molar-refractivity contribution in [2.75, 3.05) is 30.8 Å². The van der Waals surface area contributed by atoms with E-state index in [1.807, 2.05) is 12.1 Å². The van der Waals surface area contributed by atoms with Crippen molar-refractivity contribution in [2.24, 2.45) is 0 Å². The first kappa shape index (κ1) is 21.2. The Hall–Kier alpha value is -3.66. The molecule has 0 bridgehead atoms. The third-order valence-electron chi connectivity index (χ3n) is 5.77. The molecular formula is C23H23F2N5O3. The van der Waals surface area contributed by atoms with Crippen molar-refractivity contribution in [1.82, 2.24) is 15.1 Å². The zero-order chi connectivity index (χ0) is 23.0. The second-order valence-electron chi connectivity index (χ2n) is 8.25. The van der Waals surface area contributed by atoms with Crippen LogP contribution >= 0.6 is 0 Å². The van der Waals surface area contributed by atoms with E-state index in [0.29, 0.717) is 28.7 Å². The van der Waals surface area contributed by atoms with Gasteiger partial charge in [-0.05, 0) is 75.4 Å². The van der Waals surface area contributed by atoms with E-state index in [-0.39, 0.29) is 17.4 Å². The number of hydrogen-bond acceptors (Lipinski definition) is 6. The van der Waals surface area contributed by atoms with Gasteiger partial charge in [0.25, 0.3) is 5.91 Å². The Kier molecular flexibility index (Phi) is 5.37. The molecule has 1 aromatic heterocycles. The van der Waals surface area contributed by atoms with Gasteiger partial charge in [0.2, 0.25) is 0 Å². The summed E-state index contributed by atoms with van der Waals surface area (Å²) in [4.78, 5) is 14.9. The highest BCUT2D eigenvalue weighted by Gasteiger charge is 2.43. The predicted octanol–water partition coefficient (Wildman–Crippen LogP) is 4.16. The van der Waals surface area contributed by atoms with Crippen LogP contribution in [0.5, 0.6) is 11.5 Å². The number of likely N-dealkylation sites (tertiary alicyclic amines) is 1. The molecule has 2 aromatic carbocycles. The van der Waals surface area contributed by atoms with E-state index in [1.165, 1.54) is 12.1 Å². The summed E-state index contributed by atoms with van der Waals surface area (Å²) in [6.07, 6.45) is -1.50. The Morgan fingerprint density at radius 3 is 2.58 bits per heavy atom. The molecule has 0 spiro atoms. The number of ether oxygens (including phenoxy) is 2. The average molecular weight is 455 g/mol. The van der Waals surface area contributed by atoms with Crippen LogP contribution in [0.15, 0.2) is 48.5 Å². The average Bonchev–Trinajstić information content (AvgIpc) is 3.37. The summed E-state index contributed by atoms with van der Waals surface area (Å²) in [5, 5.41) is 13.1. The number of anilines is 2. The van der Waals surface area contributed by atoms with Gasteiger partial charge in [0.05, 0.1) is 5.69 Å². The molecule has 3 N–H and O–H groups in total. The van der Waals surface area contributed by atoms with Gasteiger partial charge in [-0.3, -0.25) is 9.89 Å². The fourth-order valence-corrected chi connectivity index (χ4v) is 3.95. The Balaban J connectivity index is 1.21. The lowest BCUT2D eigenvalue weighted by Crippen LogP contribution is -2.36. The van der Waals surface area contributed by atoms with Gasteiger partial charge in [0, 0.05) is 28.9 Å². The second-order valence-corrected chi connectivity index (χ2v) is 8.25. The minimum Gasteiger partial charge on any atom is -0.395 e. The van der Waals surface area contributed by atoms with Crippen LogP contribution < -0.4 is 20.1 Å². The Morgan fingerprint density at radius 2 is 1.82 bits per heavy atom. The molecule has 8 nitrogen and oxygen atoms in total. The Bertz CT molecular complexity index is 1160. The zero-order valence-corrected chi connectivity index (χ0v) is 17.9. The fraction of sp³-hybridized carbons (Fsp3) is 0.304. The lowest BCUT2D eigenvalue weighted by molar-refractivity contribution is -0.286. The van der Waals surface area contributed by atoms with Gasteiger partial charge < -0.3 is 25.0 Å². The third-order valence-corrected chi connectivity index (χ3v) is 5.77. The number of H-pyrrole nitrogens is 1. The summed E-state index contributed by atoms with van der Waals surface area (Å²) in [6.45, 7) is 2.14. The number of halogens is 2. The van der Waals surface area contributed by atoms with Gasteiger partial charge in [0.1, 0.15) is 0 Å². The Labute approximate surface area is 188 Å². The number of nitrogens with zero attached hydrogens (tertiary/aromatic N) is 2. The number of nitrogens with one attached hydrogen (secondary N) is 3. The molecular weight excluding hydrogens is 432 g/mol. The maximum absolute atomic E-state index is 13.2. The molecule has 2 aliphatic heterocycles. The number of carbonyl (C=O) groups excluding carboxylic acids is 1. The third kappa shape index (κ3) is 4.75. The highest BCUT2D eigenvalue weighted by molar-refractivity contribution is 6.04. The molecule has 172 valence electrons. The number of amides is 1. The molecule has 0 unspecified atom stereocenters. The van der Waals surface area contributed by atoms with Crippen LogP contribution in [0, 0.1) is 0 Å². The lowest BCUT2D eigenvalue weighted by atomic mass is 10.0. The van der Waals surface area contributed by atoms with Crippen molar-refractivity contribution in [1.29, 1.82) is 0 Å². The van der Waals surface area contributed by atoms with E-state index >= 15 is 0 Å². The topological polar surface area (TPSA) is 91.5 Å². The molecule has 0 aliphatic carbocycles. The molecule has 1 saturated heterocycles. The number of alkyl halides is 2. The molecule has 33 heavy (non-hydrogen) atoms. The summed E-state index contributed by atoms with van der Waals surface area (Å²) in [6, 6.07) is 13.8. The quantitative estimate of drug-likeness (QED) is 0.535. The minimum atomic E-state index is -3.67. The van der Waals surface area contributed by atoms with E-state index in [0.717, 1.165) is 31.6 Å². The minimum absolute atomic E-state index is 0.0365. The van der Waals surface area contributed by atoms with E-state index in [9.17, 15) is 13.6 Å². The molecule has 0 saturated carbocycles. The van der Waals surface area contributed by atoms with Gasteiger partial charge in [0.15, 0.2) is 17.3 Å².